The predicted octanol–water partition coefficient (Wildman–Crippen LogP) is 3.08. The standard InChI is InChI=1S/C20H25N3O2S/c1-15-12-23(13-16(2)25-15)14-18-6-4-3-5-17(18)11-22-19(24)7-8-20-21-9-10-26-20/h3-10,15-16H,11-14H2,1-2H3,(H,22,24)/b8-7+/t15-,16-/m1/s1. The molecule has 1 saturated heterocycles. The molecule has 1 aliphatic rings. The molecule has 3 rings (SSSR count). The molecule has 2 aromatic rings. The highest BCUT2D eigenvalue weighted by atomic mass is 32.1. The van der Waals surface area contributed by atoms with Crippen molar-refractivity contribution in [3.8, 4) is 0 Å². The Balaban J connectivity index is 1.57. The van der Waals surface area contributed by atoms with Gasteiger partial charge in [-0.1, -0.05) is 24.3 Å². The lowest BCUT2D eigenvalue weighted by atomic mass is 10.1. The highest BCUT2D eigenvalue weighted by molar-refractivity contribution is 7.10. The molecule has 0 saturated carbocycles. The molecule has 1 aromatic carbocycles. The molecular weight excluding hydrogens is 346 g/mol. The number of thiazole rings is 1. The van der Waals surface area contributed by atoms with Crippen LogP contribution < -0.4 is 5.32 Å². The highest BCUT2D eigenvalue weighted by Gasteiger charge is 2.22. The second-order valence-electron chi connectivity index (χ2n) is 6.64. The molecule has 0 bridgehead atoms. The number of ether oxygens (including phenoxy) is 1. The number of carbonyl (C=O) groups is 1. The van der Waals surface area contributed by atoms with Crippen LogP contribution in [0.15, 0.2) is 41.9 Å². The number of rotatable bonds is 6. The number of amides is 1. The lowest BCUT2D eigenvalue weighted by Gasteiger charge is -2.35. The highest BCUT2D eigenvalue weighted by Crippen LogP contribution is 2.17. The van der Waals surface area contributed by atoms with Gasteiger partial charge in [0.1, 0.15) is 5.01 Å². The lowest BCUT2D eigenvalue weighted by Crippen LogP contribution is -2.45. The van der Waals surface area contributed by atoms with E-state index in [9.17, 15) is 4.79 Å². The fraction of sp³-hybridized carbons (Fsp3) is 0.400. The van der Waals surface area contributed by atoms with Crippen LogP contribution in [0.25, 0.3) is 6.08 Å². The van der Waals surface area contributed by atoms with Crippen molar-refractivity contribution in [1.82, 2.24) is 15.2 Å². The van der Waals surface area contributed by atoms with Crippen molar-refractivity contribution >= 4 is 23.3 Å². The van der Waals surface area contributed by atoms with Gasteiger partial charge in [-0.25, -0.2) is 4.98 Å². The zero-order valence-corrected chi connectivity index (χ0v) is 16.0. The molecule has 1 aliphatic heterocycles. The Morgan fingerprint density at radius 3 is 2.73 bits per heavy atom. The molecule has 0 radical (unpaired) electrons. The molecule has 0 unspecified atom stereocenters. The van der Waals surface area contributed by atoms with Crippen molar-refractivity contribution in [2.24, 2.45) is 0 Å². The number of aromatic nitrogens is 1. The average Bonchev–Trinajstić information content (AvgIpc) is 3.12. The Morgan fingerprint density at radius 1 is 1.31 bits per heavy atom. The minimum absolute atomic E-state index is 0.108. The number of benzene rings is 1. The molecule has 2 atom stereocenters. The molecule has 1 N–H and O–H groups in total. The third-order valence-corrected chi connectivity index (χ3v) is 5.03. The molecule has 138 valence electrons. The summed E-state index contributed by atoms with van der Waals surface area (Å²) in [6.07, 6.45) is 5.50. The monoisotopic (exact) mass is 371 g/mol. The third kappa shape index (κ3) is 5.49. The number of nitrogens with one attached hydrogen (secondary N) is 1. The molecule has 2 heterocycles. The summed E-state index contributed by atoms with van der Waals surface area (Å²) < 4.78 is 5.81. The molecule has 1 fully saturated rings. The zero-order valence-electron chi connectivity index (χ0n) is 15.2. The minimum Gasteiger partial charge on any atom is -0.373 e. The lowest BCUT2D eigenvalue weighted by molar-refractivity contribution is -0.116. The Morgan fingerprint density at radius 2 is 2.04 bits per heavy atom. The summed E-state index contributed by atoms with van der Waals surface area (Å²) in [6, 6.07) is 8.28. The Hall–Kier alpha value is -2.02. The third-order valence-electron chi connectivity index (χ3n) is 4.29. The van der Waals surface area contributed by atoms with Gasteiger partial charge in [0.25, 0.3) is 0 Å². The average molecular weight is 372 g/mol. The maximum absolute atomic E-state index is 12.1. The molecule has 0 spiro atoms. The van der Waals surface area contributed by atoms with Crippen LogP contribution in [0, 0.1) is 0 Å². The molecular formula is C20H25N3O2S. The first-order chi connectivity index (χ1) is 12.6. The van der Waals surface area contributed by atoms with Crippen LogP contribution in [0.4, 0.5) is 0 Å². The van der Waals surface area contributed by atoms with E-state index < -0.39 is 0 Å². The summed E-state index contributed by atoms with van der Waals surface area (Å²) >= 11 is 1.51. The summed E-state index contributed by atoms with van der Waals surface area (Å²) in [7, 11) is 0. The summed E-state index contributed by atoms with van der Waals surface area (Å²) in [5, 5.41) is 5.68. The SMILES string of the molecule is C[C@@H]1CN(Cc2ccccc2CNC(=O)/C=C/c2nccs2)C[C@@H](C)O1. The number of nitrogens with zero attached hydrogens (tertiary/aromatic N) is 2. The Bertz CT molecular complexity index is 735. The van der Waals surface area contributed by atoms with Crippen molar-refractivity contribution in [2.75, 3.05) is 13.1 Å². The van der Waals surface area contributed by atoms with Crippen LogP contribution in [-0.2, 0) is 22.6 Å². The van der Waals surface area contributed by atoms with Crippen LogP contribution in [0.2, 0.25) is 0 Å². The van der Waals surface area contributed by atoms with Crippen molar-refractivity contribution in [1.29, 1.82) is 0 Å². The van der Waals surface area contributed by atoms with Crippen LogP contribution in [0.3, 0.4) is 0 Å². The van der Waals surface area contributed by atoms with Gasteiger partial charge in [-0.2, -0.15) is 0 Å². The van der Waals surface area contributed by atoms with Gasteiger partial charge in [0.15, 0.2) is 0 Å². The molecule has 6 heteroatoms. The first-order valence-electron chi connectivity index (χ1n) is 8.90. The van der Waals surface area contributed by atoms with E-state index in [-0.39, 0.29) is 18.1 Å². The fourth-order valence-electron chi connectivity index (χ4n) is 3.24. The first kappa shape index (κ1) is 18.8. The van der Waals surface area contributed by atoms with Gasteiger partial charge >= 0.3 is 0 Å². The topological polar surface area (TPSA) is 54.5 Å². The molecule has 0 aliphatic carbocycles. The van der Waals surface area contributed by atoms with Gasteiger partial charge in [-0.05, 0) is 31.1 Å². The predicted molar refractivity (Wildman–Crippen MR) is 105 cm³/mol. The van der Waals surface area contributed by atoms with E-state index in [0.717, 1.165) is 30.2 Å². The maximum Gasteiger partial charge on any atom is 0.244 e. The molecule has 1 amide bonds. The van der Waals surface area contributed by atoms with Gasteiger partial charge in [-0.3, -0.25) is 9.69 Å². The fourth-order valence-corrected chi connectivity index (χ4v) is 3.77. The van der Waals surface area contributed by atoms with Crippen LogP contribution in [0.1, 0.15) is 30.0 Å². The Kier molecular flexibility index (Phi) is 6.55. The smallest absolute Gasteiger partial charge is 0.244 e. The van der Waals surface area contributed by atoms with E-state index in [4.69, 9.17) is 4.74 Å². The van der Waals surface area contributed by atoms with Gasteiger partial charge in [0.2, 0.25) is 5.91 Å². The van der Waals surface area contributed by atoms with E-state index in [1.165, 1.54) is 23.0 Å². The number of morpholine rings is 1. The summed E-state index contributed by atoms with van der Waals surface area (Å²) in [4.78, 5) is 18.6. The van der Waals surface area contributed by atoms with Gasteiger partial charge in [0.05, 0.1) is 12.2 Å². The second kappa shape index (κ2) is 9.07. The van der Waals surface area contributed by atoms with E-state index in [1.54, 1.807) is 12.3 Å². The van der Waals surface area contributed by atoms with E-state index >= 15 is 0 Å². The second-order valence-corrected chi connectivity index (χ2v) is 7.57. The number of hydrogen-bond donors (Lipinski definition) is 1. The van der Waals surface area contributed by atoms with Crippen LogP contribution >= 0.6 is 11.3 Å². The van der Waals surface area contributed by atoms with E-state index in [2.05, 4.69) is 47.2 Å². The molecule has 26 heavy (non-hydrogen) atoms. The van der Waals surface area contributed by atoms with Crippen molar-refractivity contribution in [3.63, 3.8) is 0 Å². The first-order valence-corrected chi connectivity index (χ1v) is 9.78. The number of hydrogen-bond acceptors (Lipinski definition) is 5. The van der Waals surface area contributed by atoms with E-state index in [0.29, 0.717) is 6.54 Å². The van der Waals surface area contributed by atoms with Gasteiger partial charge in [-0.15, -0.1) is 11.3 Å². The van der Waals surface area contributed by atoms with Crippen molar-refractivity contribution in [2.45, 2.75) is 39.1 Å². The Labute approximate surface area is 158 Å². The molecule has 5 nitrogen and oxygen atoms in total. The van der Waals surface area contributed by atoms with Crippen molar-refractivity contribution < 1.29 is 9.53 Å². The van der Waals surface area contributed by atoms with Gasteiger partial charge in [0, 0.05) is 43.8 Å². The van der Waals surface area contributed by atoms with Crippen molar-refractivity contribution in [3.05, 3.63) is 58.1 Å². The normalized spacial score (nSPS) is 21.2. The summed E-state index contributed by atoms with van der Waals surface area (Å²) in [6.45, 7) is 7.49. The van der Waals surface area contributed by atoms with Gasteiger partial charge < -0.3 is 10.1 Å². The maximum atomic E-state index is 12.1. The zero-order chi connectivity index (χ0) is 18.4. The largest absolute Gasteiger partial charge is 0.373 e. The number of carbonyl (C=O) groups excluding carboxylic acids is 1. The summed E-state index contributed by atoms with van der Waals surface area (Å²) in [5.41, 5.74) is 2.40. The molecule has 1 aromatic heterocycles. The quantitative estimate of drug-likeness (QED) is 0.793. The van der Waals surface area contributed by atoms with Crippen LogP contribution in [0.5, 0.6) is 0 Å². The summed E-state index contributed by atoms with van der Waals surface area (Å²) in [5.74, 6) is -0.108. The minimum atomic E-state index is -0.108. The van der Waals surface area contributed by atoms with Crippen LogP contribution in [-0.4, -0.2) is 41.1 Å². The van der Waals surface area contributed by atoms with E-state index in [1.807, 2.05) is 11.4 Å².